The van der Waals surface area contributed by atoms with Gasteiger partial charge in [-0.05, 0) is 35.2 Å². The summed E-state index contributed by atoms with van der Waals surface area (Å²) in [6.07, 6.45) is 2.39. The van der Waals surface area contributed by atoms with Gasteiger partial charge in [0.1, 0.15) is 11.4 Å². The zero-order chi connectivity index (χ0) is 15.5. The zero-order valence-electron chi connectivity index (χ0n) is 13.0. The van der Waals surface area contributed by atoms with Gasteiger partial charge in [0, 0.05) is 32.7 Å². The van der Waals surface area contributed by atoms with Crippen LogP contribution in [0.5, 0.6) is 0 Å². The van der Waals surface area contributed by atoms with Crippen molar-refractivity contribution in [2.45, 2.75) is 45.6 Å². The molecule has 0 saturated carbocycles. The molecular formula is C15H24BrN3O2. The smallest absolute Gasteiger partial charge is 0.163 e. The molecule has 1 aromatic rings. The molecule has 0 aliphatic carbocycles. The molecule has 1 saturated heterocycles. The van der Waals surface area contributed by atoms with Crippen molar-refractivity contribution in [2.24, 2.45) is 5.92 Å². The van der Waals surface area contributed by atoms with Gasteiger partial charge in [0.2, 0.25) is 0 Å². The Morgan fingerprint density at radius 1 is 1.33 bits per heavy atom. The third-order valence-corrected chi connectivity index (χ3v) is 4.54. The predicted octanol–water partition coefficient (Wildman–Crippen LogP) is 3.06. The summed E-state index contributed by atoms with van der Waals surface area (Å²) in [4.78, 5) is 9.26. The van der Waals surface area contributed by atoms with Gasteiger partial charge < -0.3 is 15.2 Å². The molecule has 0 aromatic carbocycles. The van der Waals surface area contributed by atoms with Crippen molar-refractivity contribution in [1.82, 2.24) is 9.97 Å². The van der Waals surface area contributed by atoms with Crippen LogP contribution in [0.25, 0.3) is 0 Å². The number of nitrogens with two attached hydrogens (primary N) is 1. The minimum Gasteiger partial charge on any atom is -0.383 e. The van der Waals surface area contributed by atoms with Crippen LogP contribution in [0.1, 0.15) is 45.1 Å². The fourth-order valence-electron chi connectivity index (χ4n) is 2.65. The molecular weight excluding hydrogens is 334 g/mol. The number of aromatic nitrogens is 2. The van der Waals surface area contributed by atoms with Gasteiger partial charge in [-0.3, -0.25) is 0 Å². The highest BCUT2D eigenvalue weighted by molar-refractivity contribution is 9.10. The molecule has 1 aromatic heterocycles. The summed E-state index contributed by atoms with van der Waals surface area (Å²) in [5.74, 6) is 1.69. The van der Waals surface area contributed by atoms with Crippen molar-refractivity contribution in [3.63, 3.8) is 0 Å². The minimum atomic E-state index is -0.465. The lowest BCUT2D eigenvalue weighted by Gasteiger charge is -2.35. The summed E-state index contributed by atoms with van der Waals surface area (Å²) in [5.41, 5.74) is 6.57. The van der Waals surface area contributed by atoms with E-state index >= 15 is 0 Å². The van der Waals surface area contributed by atoms with Crippen LogP contribution >= 0.6 is 15.9 Å². The molecule has 21 heavy (non-hydrogen) atoms. The maximum Gasteiger partial charge on any atom is 0.163 e. The summed E-state index contributed by atoms with van der Waals surface area (Å²) < 4.78 is 12.3. The number of halogens is 1. The SMILES string of the molecule is CCOC1(c2nc(N)c(Br)c(CC(C)C)n2)CCOCC1. The topological polar surface area (TPSA) is 70.3 Å². The Morgan fingerprint density at radius 3 is 2.57 bits per heavy atom. The van der Waals surface area contributed by atoms with E-state index in [-0.39, 0.29) is 0 Å². The molecule has 0 radical (unpaired) electrons. The normalized spacial score (nSPS) is 18.1. The Bertz CT molecular complexity index is 483. The third-order valence-electron chi connectivity index (χ3n) is 3.68. The molecule has 1 aliphatic rings. The van der Waals surface area contributed by atoms with Crippen LogP contribution in [-0.4, -0.2) is 29.8 Å². The first-order valence-electron chi connectivity index (χ1n) is 7.52. The van der Waals surface area contributed by atoms with Crippen LogP contribution in [-0.2, 0) is 21.5 Å². The fourth-order valence-corrected chi connectivity index (χ4v) is 2.99. The fraction of sp³-hybridized carbons (Fsp3) is 0.733. The van der Waals surface area contributed by atoms with Gasteiger partial charge in [-0.15, -0.1) is 0 Å². The Morgan fingerprint density at radius 2 is 2.00 bits per heavy atom. The molecule has 6 heteroatoms. The van der Waals surface area contributed by atoms with E-state index in [1.165, 1.54) is 0 Å². The van der Waals surface area contributed by atoms with E-state index in [2.05, 4.69) is 34.8 Å². The third kappa shape index (κ3) is 3.73. The summed E-state index contributed by atoms with van der Waals surface area (Å²) in [7, 11) is 0. The Hall–Kier alpha value is -0.720. The van der Waals surface area contributed by atoms with Gasteiger partial charge in [-0.25, -0.2) is 9.97 Å². The summed E-state index contributed by atoms with van der Waals surface area (Å²) >= 11 is 3.51. The maximum absolute atomic E-state index is 6.07. The minimum absolute atomic E-state index is 0.465. The van der Waals surface area contributed by atoms with Crippen LogP contribution < -0.4 is 5.73 Å². The predicted molar refractivity (Wildman–Crippen MR) is 86.0 cm³/mol. The van der Waals surface area contributed by atoms with E-state index in [4.69, 9.17) is 20.2 Å². The van der Waals surface area contributed by atoms with Crippen molar-refractivity contribution in [1.29, 1.82) is 0 Å². The zero-order valence-corrected chi connectivity index (χ0v) is 14.6. The van der Waals surface area contributed by atoms with E-state index in [1.807, 2.05) is 6.92 Å². The summed E-state index contributed by atoms with van der Waals surface area (Å²) in [5, 5.41) is 0. The molecule has 0 amide bonds. The molecule has 0 spiro atoms. The number of nitrogen functional groups attached to an aromatic ring is 1. The van der Waals surface area contributed by atoms with Crippen molar-refractivity contribution >= 4 is 21.7 Å². The second-order valence-electron chi connectivity index (χ2n) is 5.83. The first-order chi connectivity index (χ1) is 9.98. The van der Waals surface area contributed by atoms with Crippen molar-refractivity contribution < 1.29 is 9.47 Å². The first-order valence-corrected chi connectivity index (χ1v) is 8.32. The molecule has 0 atom stereocenters. The number of hydrogen-bond donors (Lipinski definition) is 1. The quantitative estimate of drug-likeness (QED) is 0.876. The summed E-state index contributed by atoms with van der Waals surface area (Å²) in [6, 6.07) is 0. The van der Waals surface area contributed by atoms with E-state index in [0.717, 1.165) is 29.4 Å². The van der Waals surface area contributed by atoms with E-state index in [0.29, 0.717) is 37.4 Å². The van der Waals surface area contributed by atoms with E-state index in [9.17, 15) is 0 Å². The number of nitrogens with zero attached hydrogens (tertiary/aromatic N) is 2. The van der Waals surface area contributed by atoms with Gasteiger partial charge in [-0.1, -0.05) is 13.8 Å². The molecule has 1 aliphatic heterocycles. The standard InChI is InChI=1S/C15H24BrN3O2/c1-4-21-15(5-7-20-8-6-15)14-18-11(9-10(2)3)12(16)13(17)19-14/h10H,4-9H2,1-3H3,(H2,17,18,19). The number of hydrogen-bond acceptors (Lipinski definition) is 5. The van der Waals surface area contributed by atoms with Gasteiger partial charge in [0.15, 0.2) is 5.82 Å². The number of rotatable bonds is 5. The molecule has 1 fully saturated rings. The van der Waals surface area contributed by atoms with E-state index < -0.39 is 5.60 Å². The summed E-state index contributed by atoms with van der Waals surface area (Å²) in [6.45, 7) is 8.28. The van der Waals surface area contributed by atoms with E-state index in [1.54, 1.807) is 0 Å². The van der Waals surface area contributed by atoms with Crippen molar-refractivity contribution in [3.05, 3.63) is 16.0 Å². The first kappa shape index (κ1) is 16.6. The lowest BCUT2D eigenvalue weighted by atomic mass is 9.92. The Balaban J connectivity index is 2.42. The van der Waals surface area contributed by atoms with Crippen LogP contribution in [0.2, 0.25) is 0 Å². The monoisotopic (exact) mass is 357 g/mol. The molecule has 2 N–H and O–H groups in total. The van der Waals surface area contributed by atoms with Crippen molar-refractivity contribution in [3.8, 4) is 0 Å². The average molecular weight is 358 g/mol. The Kier molecular flexibility index (Phi) is 5.57. The highest BCUT2D eigenvalue weighted by Gasteiger charge is 2.39. The van der Waals surface area contributed by atoms with Crippen LogP contribution in [0.15, 0.2) is 4.47 Å². The van der Waals surface area contributed by atoms with Crippen LogP contribution in [0.3, 0.4) is 0 Å². The van der Waals surface area contributed by atoms with Crippen LogP contribution in [0, 0.1) is 5.92 Å². The lowest BCUT2D eigenvalue weighted by Crippen LogP contribution is -2.38. The van der Waals surface area contributed by atoms with Gasteiger partial charge in [-0.2, -0.15) is 0 Å². The van der Waals surface area contributed by atoms with Crippen molar-refractivity contribution in [2.75, 3.05) is 25.6 Å². The molecule has 0 unspecified atom stereocenters. The highest BCUT2D eigenvalue weighted by Crippen LogP contribution is 2.36. The van der Waals surface area contributed by atoms with Gasteiger partial charge >= 0.3 is 0 Å². The molecule has 0 bridgehead atoms. The molecule has 118 valence electrons. The molecule has 2 rings (SSSR count). The Labute approximate surface area is 134 Å². The van der Waals surface area contributed by atoms with Crippen LogP contribution in [0.4, 0.5) is 5.82 Å². The second kappa shape index (κ2) is 7.03. The second-order valence-corrected chi connectivity index (χ2v) is 6.62. The largest absolute Gasteiger partial charge is 0.383 e. The molecule has 5 nitrogen and oxygen atoms in total. The average Bonchev–Trinajstić information content (AvgIpc) is 2.44. The highest BCUT2D eigenvalue weighted by atomic mass is 79.9. The molecule has 2 heterocycles. The van der Waals surface area contributed by atoms with Gasteiger partial charge in [0.25, 0.3) is 0 Å². The maximum atomic E-state index is 6.07. The van der Waals surface area contributed by atoms with Gasteiger partial charge in [0.05, 0.1) is 10.2 Å². The number of anilines is 1. The number of ether oxygens (including phenoxy) is 2. The lowest BCUT2D eigenvalue weighted by molar-refractivity contribution is -0.117.